The average Bonchev–Trinajstić information content (AvgIpc) is 2.75. The maximum atomic E-state index is 12.9. The van der Waals surface area contributed by atoms with E-state index in [9.17, 15) is 9.18 Å². The first kappa shape index (κ1) is 13.0. The van der Waals surface area contributed by atoms with Crippen LogP contribution in [-0.4, -0.2) is 5.78 Å². The zero-order valence-electron chi connectivity index (χ0n) is 10.7. The van der Waals surface area contributed by atoms with E-state index in [-0.39, 0.29) is 11.6 Å². The Balaban J connectivity index is 2.36. The molecule has 0 aliphatic rings. The standard InChI is InChI=1S/C15H15FOS/c1-10-4-9-13(18-10)14(17)15(2,3)11-5-7-12(16)8-6-11/h4-9H,1-3H3. The minimum atomic E-state index is -0.634. The minimum absolute atomic E-state index is 0.0761. The van der Waals surface area contributed by atoms with Gasteiger partial charge in [0.15, 0.2) is 5.78 Å². The molecule has 0 spiro atoms. The van der Waals surface area contributed by atoms with E-state index in [1.54, 1.807) is 12.1 Å². The summed E-state index contributed by atoms with van der Waals surface area (Å²) in [5.74, 6) is -0.207. The van der Waals surface area contributed by atoms with Crippen molar-refractivity contribution in [3.8, 4) is 0 Å². The van der Waals surface area contributed by atoms with Gasteiger partial charge in [-0.1, -0.05) is 12.1 Å². The van der Waals surface area contributed by atoms with Gasteiger partial charge in [0.1, 0.15) is 5.82 Å². The Morgan fingerprint density at radius 1 is 1.11 bits per heavy atom. The lowest BCUT2D eigenvalue weighted by Crippen LogP contribution is -2.28. The van der Waals surface area contributed by atoms with Gasteiger partial charge in [-0.3, -0.25) is 4.79 Å². The van der Waals surface area contributed by atoms with Gasteiger partial charge in [0, 0.05) is 4.88 Å². The number of benzene rings is 1. The molecule has 0 unspecified atom stereocenters. The van der Waals surface area contributed by atoms with Crippen LogP contribution in [0, 0.1) is 12.7 Å². The van der Waals surface area contributed by atoms with Gasteiger partial charge >= 0.3 is 0 Å². The summed E-state index contributed by atoms with van der Waals surface area (Å²) in [4.78, 5) is 14.4. The first-order valence-electron chi connectivity index (χ1n) is 5.78. The number of hydrogen-bond donors (Lipinski definition) is 0. The Kier molecular flexibility index (Phi) is 3.35. The van der Waals surface area contributed by atoms with Crippen LogP contribution in [0.1, 0.15) is 34.0 Å². The van der Waals surface area contributed by atoms with E-state index >= 15 is 0 Å². The van der Waals surface area contributed by atoms with Crippen LogP contribution in [0.2, 0.25) is 0 Å². The first-order chi connectivity index (χ1) is 8.41. The summed E-state index contributed by atoms with van der Waals surface area (Å²) in [7, 11) is 0. The van der Waals surface area contributed by atoms with Crippen molar-refractivity contribution in [2.75, 3.05) is 0 Å². The summed E-state index contributed by atoms with van der Waals surface area (Å²) in [5.41, 5.74) is 0.199. The van der Waals surface area contributed by atoms with Crippen molar-refractivity contribution in [3.63, 3.8) is 0 Å². The summed E-state index contributed by atoms with van der Waals surface area (Å²) in [5, 5.41) is 0. The monoisotopic (exact) mass is 262 g/mol. The van der Waals surface area contributed by atoms with E-state index in [1.165, 1.54) is 23.5 Å². The van der Waals surface area contributed by atoms with Crippen LogP contribution < -0.4 is 0 Å². The van der Waals surface area contributed by atoms with Crippen LogP contribution in [0.5, 0.6) is 0 Å². The first-order valence-corrected chi connectivity index (χ1v) is 6.60. The van der Waals surface area contributed by atoms with Gasteiger partial charge in [-0.15, -0.1) is 11.3 Å². The summed E-state index contributed by atoms with van der Waals surface area (Å²) in [6, 6.07) is 9.93. The molecule has 0 aliphatic heterocycles. The number of carbonyl (C=O) groups is 1. The number of thiophene rings is 1. The number of ketones is 1. The van der Waals surface area contributed by atoms with Crippen molar-refractivity contribution in [3.05, 3.63) is 57.5 Å². The fourth-order valence-electron chi connectivity index (χ4n) is 1.86. The zero-order valence-corrected chi connectivity index (χ0v) is 11.5. The second-order valence-corrected chi connectivity index (χ2v) is 6.16. The maximum absolute atomic E-state index is 12.9. The highest BCUT2D eigenvalue weighted by Gasteiger charge is 2.31. The smallest absolute Gasteiger partial charge is 0.182 e. The number of carbonyl (C=O) groups excluding carboxylic acids is 1. The highest BCUT2D eigenvalue weighted by molar-refractivity contribution is 7.14. The summed E-state index contributed by atoms with van der Waals surface area (Å²) in [6.07, 6.45) is 0. The quantitative estimate of drug-likeness (QED) is 0.751. The van der Waals surface area contributed by atoms with Gasteiger partial charge in [0.25, 0.3) is 0 Å². The van der Waals surface area contributed by atoms with E-state index in [0.29, 0.717) is 0 Å². The Morgan fingerprint density at radius 2 is 1.72 bits per heavy atom. The van der Waals surface area contributed by atoms with E-state index in [4.69, 9.17) is 0 Å². The van der Waals surface area contributed by atoms with Crippen LogP contribution in [0.3, 0.4) is 0 Å². The number of hydrogen-bond acceptors (Lipinski definition) is 2. The molecule has 0 N–H and O–H groups in total. The van der Waals surface area contributed by atoms with E-state index < -0.39 is 5.41 Å². The maximum Gasteiger partial charge on any atom is 0.182 e. The third-order valence-corrected chi connectivity index (χ3v) is 4.10. The van der Waals surface area contributed by atoms with Gasteiger partial charge < -0.3 is 0 Å². The fraction of sp³-hybridized carbons (Fsp3) is 0.267. The van der Waals surface area contributed by atoms with Gasteiger partial charge in [0.05, 0.1) is 10.3 Å². The topological polar surface area (TPSA) is 17.1 Å². The van der Waals surface area contributed by atoms with E-state index in [0.717, 1.165) is 15.3 Å². The molecule has 1 aromatic heterocycles. The van der Waals surface area contributed by atoms with Gasteiger partial charge in [-0.25, -0.2) is 4.39 Å². The van der Waals surface area contributed by atoms with Crippen LogP contribution in [0.15, 0.2) is 36.4 Å². The van der Waals surface area contributed by atoms with Crippen molar-refractivity contribution in [2.24, 2.45) is 0 Å². The second kappa shape index (κ2) is 4.65. The van der Waals surface area contributed by atoms with Crippen molar-refractivity contribution >= 4 is 17.1 Å². The number of aryl methyl sites for hydroxylation is 1. The lowest BCUT2D eigenvalue weighted by molar-refractivity contribution is 0.0913. The van der Waals surface area contributed by atoms with Gasteiger partial charge in [0.2, 0.25) is 0 Å². The predicted octanol–water partition coefficient (Wildman–Crippen LogP) is 4.36. The second-order valence-electron chi connectivity index (χ2n) is 4.87. The summed E-state index contributed by atoms with van der Waals surface area (Å²) in [6.45, 7) is 5.72. The van der Waals surface area contributed by atoms with Gasteiger partial charge in [-0.05, 0) is 50.6 Å². The summed E-state index contributed by atoms with van der Waals surface area (Å²) < 4.78 is 12.9. The van der Waals surface area contributed by atoms with Crippen LogP contribution in [0.4, 0.5) is 4.39 Å². The third-order valence-electron chi connectivity index (χ3n) is 3.10. The molecule has 0 atom stereocenters. The molecule has 2 aromatic rings. The van der Waals surface area contributed by atoms with Crippen molar-refractivity contribution in [2.45, 2.75) is 26.2 Å². The Bertz CT molecular complexity index is 566. The molecule has 0 saturated heterocycles. The Morgan fingerprint density at radius 3 is 2.22 bits per heavy atom. The molecular formula is C15H15FOS. The lowest BCUT2D eigenvalue weighted by Gasteiger charge is -2.23. The number of rotatable bonds is 3. The molecule has 94 valence electrons. The molecule has 0 aliphatic carbocycles. The predicted molar refractivity (Wildman–Crippen MR) is 72.8 cm³/mol. The molecule has 18 heavy (non-hydrogen) atoms. The zero-order chi connectivity index (χ0) is 13.3. The Hall–Kier alpha value is -1.48. The van der Waals surface area contributed by atoms with E-state index in [1.807, 2.05) is 32.9 Å². The van der Waals surface area contributed by atoms with Crippen LogP contribution in [0.25, 0.3) is 0 Å². The highest BCUT2D eigenvalue weighted by Crippen LogP contribution is 2.30. The molecule has 1 heterocycles. The molecule has 2 rings (SSSR count). The fourth-order valence-corrected chi connectivity index (χ4v) is 2.83. The molecule has 0 radical (unpaired) electrons. The molecule has 0 bridgehead atoms. The highest BCUT2D eigenvalue weighted by atomic mass is 32.1. The van der Waals surface area contributed by atoms with Gasteiger partial charge in [-0.2, -0.15) is 0 Å². The Labute approximate surface area is 110 Å². The SMILES string of the molecule is Cc1ccc(C(=O)C(C)(C)c2ccc(F)cc2)s1. The summed E-state index contributed by atoms with van der Waals surface area (Å²) >= 11 is 1.50. The molecule has 0 fully saturated rings. The van der Waals surface area contributed by atoms with Crippen LogP contribution >= 0.6 is 11.3 Å². The number of halogens is 1. The van der Waals surface area contributed by atoms with Crippen LogP contribution in [-0.2, 0) is 5.41 Å². The molecule has 1 nitrogen and oxygen atoms in total. The average molecular weight is 262 g/mol. The molecule has 3 heteroatoms. The lowest BCUT2D eigenvalue weighted by atomic mass is 9.80. The minimum Gasteiger partial charge on any atom is -0.292 e. The molecule has 0 saturated carbocycles. The third kappa shape index (κ3) is 2.36. The molecule has 1 aromatic carbocycles. The van der Waals surface area contributed by atoms with Crippen molar-refractivity contribution in [1.29, 1.82) is 0 Å². The largest absolute Gasteiger partial charge is 0.292 e. The van der Waals surface area contributed by atoms with Crippen molar-refractivity contribution < 1.29 is 9.18 Å². The molecular weight excluding hydrogens is 247 g/mol. The number of Topliss-reactive ketones (excluding diaryl/α,β-unsaturated/α-hetero) is 1. The normalized spacial score (nSPS) is 11.6. The van der Waals surface area contributed by atoms with E-state index in [2.05, 4.69) is 0 Å². The molecule has 0 amide bonds. The van der Waals surface area contributed by atoms with Crippen molar-refractivity contribution in [1.82, 2.24) is 0 Å².